The van der Waals surface area contributed by atoms with Gasteiger partial charge in [0.25, 0.3) is 11.4 Å². The van der Waals surface area contributed by atoms with Crippen LogP contribution in [0.25, 0.3) is 0 Å². The molecule has 1 N–H and O–H groups in total. The number of nitrogens with zero attached hydrogens (tertiary/aromatic N) is 2. The summed E-state index contributed by atoms with van der Waals surface area (Å²) in [5, 5.41) is 22.7. The highest BCUT2D eigenvalue weighted by Crippen LogP contribution is 2.24. The Balaban J connectivity index is 2.46. The normalized spacial score (nSPS) is 10.7. The molecule has 0 spiro atoms. The third-order valence-electron chi connectivity index (χ3n) is 2.97. The SMILES string of the molecule is O=[N+]([O-])c1cc([SiH](O)c2ccc(Br)c([N+](=O)[O-])c2)ccc1Br. The van der Waals surface area contributed by atoms with Gasteiger partial charge in [0.2, 0.25) is 9.04 Å². The predicted octanol–water partition coefficient (Wildman–Crippen LogP) is 1.86. The van der Waals surface area contributed by atoms with E-state index >= 15 is 0 Å². The number of nitro benzene ring substituents is 2. The zero-order valence-electron chi connectivity index (χ0n) is 10.8. The average molecular weight is 448 g/mol. The summed E-state index contributed by atoms with van der Waals surface area (Å²) in [6.45, 7) is 0. The largest absolute Gasteiger partial charge is 0.426 e. The highest BCUT2D eigenvalue weighted by atomic mass is 79.9. The maximum atomic E-state index is 10.9. The second-order valence-corrected chi connectivity index (χ2v) is 8.19. The lowest BCUT2D eigenvalue weighted by Gasteiger charge is -2.10. The zero-order chi connectivity index (χ0) is 16.4. The first-order valence-corrected chi connectivity index (χ1v) is 9.12. The van der Waals surface area contributed by atoms with Crippen molar-refractivity contribution in [1.29, 1.82) is 0 Å². The first kappa shape index (κ1) is 16.7. The quantitative estimate of drug-likeness (QED) is 0.437. The lowest BCUT2D eigenvalue weighted by Crippen LogP contribution is -2.42. The van der Waals surface area contributed by atoms with Gasteiger partial charge in [-0.25, -0.2) is 0 Å². The maximum Gasteiger partial charge on any atom is 0.283 e. The van der Waals surface area contributed by atoms with Crippen LogP contribution < -0.4 is 10.4 Å². The van der Waals surface area contributed by atoms with Crippen molar-refractivity contribution in [3.05, 3.63) is 65.6 Å². The van der Waals surface area contributed by atoms with Gasteiger partial charge < -0.3 is 4.80 Å². The van der Waals surface area contributed by atoms with Gasteiger partial charge in [-0.15, -0.1) is 0 Å². The molecule has 2 rings (SSSR count). The number of nitro groups is 2. The Labute approximate surface area is 142 Å². The van der Waals surface area contributed by atoms with Crippen LogP contribution in [0, 0.1) is 20.2 Å². The maximum absolute atomic E-state index is 10.9. The van der Waals surface area contributed by atoms with Gasteiger partial charge in [0.15, 0.2) is 0 Å². The summed E-state index contributed by atoms with van der Waals surface area (Å²) in [5.74, 6) is 0. The van der Waals surface area contributed by atoms with Gasteiger partial charge in [-0.3, -0.25) is 20.2 Å². The molecule has 2 aromatic carbocycles. The van der Waals surface area contributed by atoms with Gasteiger partial charge in [0, 0.05) is 12.1 Å². The fourth-order valence-corrected chi connectivity index (χ4v) is 4.23. The van der Waals surface area contributed by atoms with Crippen molar-refractivity contribution in [3.63, 3.8) is 0 Å². The summed E-state index contributed by atoms with van der Waals surface area (Å²) in [5.41, 5.74) is -0.314. The minimum atomic E-state index is -2.75. The molecule has 0 bridgehead atoms. The van der Waals surface area contributed by atoms with E-state index in [-0.39, 0.29) is 11.4 Å². The Morgan fingerprint density at radius 2 is 1.23 bits per heavy atom. The zero-order valence-corrected chi connectivity index (χ0v) is 15.1. The fourth-order valence-electron chi connectivity index (χ4n) is 1.87. The molecule has 0 saturated heterocycles. The first-order valence-electron chi connectivity index (χ1n) is 5.87. The fraction of sp³-hybridized carbons (Fsp3) is 0. The van der Waals surface area contributed by atoms with E-state index in [1.54, 1.807) is 12.1 Å². The summed E-state index contributed by atoms with van der Waals surface area (Å²) in [6.07, 6.45) is 0. The molecule has 0 unspecified atom stereocenters. The Kier molecular flexibility index (Phi) is 5.06. The molecular weight excluding hydrogens is 440 g/mol. The van der Waals surface area contributed by atoms with Crippen molar-refractivity contribution in [1.82, 2.24) is 0 Å². The highest BCUT2D eigenvalue weighted by molar-refractivity contribution is 9.11. The van der Waals surface area contributed by atoms with Crippen molar-refractivity contribution >= 4 is 62.6 Å². The molecule has 0 aliphatic carbocycles. The van der Waals surface area contributed by atoms with Gasteiger partial charge >= 0.3 is 0 Å². The van der Waals surface area contributed by atoms with Crippen LogP contribution in [0.4, 0.5) is 11.4 Å². The van der Waals surface area contributed by atoms with Crippen LogP contribution in [0.1, 0.15) is 0 Å². The van der Waals surface area contributed by atoms with Crippen molar-refractivity contribution in [2.75, 3.05) is 0 Å². The summed E-state index contributed by atoms with van der Waals surface area (Å²) < 4.78 is 0.619. The molecule has 0 aliphatic heterocycles. The molecule has 7 nitrogen and oxygen atoms in total. The summed E-state index contributed by atoms with van der Waals surface area (Å²) in [4.78, 5) is 31.2. The second kappa shape index (κ2) is 6.65. The van der Waals surface area contributed by atoms with Gasteiger partial charge in [0.1, 0.15) is 0 Å². The second-order valence-electron chi connectivity index (χ2n) is 4.34. The van der Waals surface area contributed by atoms with E-state index in [1.807, 2.05) is 0 Å². The lowest BCUT2D eigenvalue weighted by atomic mass is 10.3. The molecule has 0 radical (unpaired) electrons. The Morgan fingerprint density at radius 3 is 1.55 bits per heavy atom. The standard InChI is InChI=1S/C12H8Br2N2O5Si/c13-9-3-1-7(5-11(9)15(17)18)22(21)8-2-4-10(14)12(6-8)16(19)20/h1-6,21-22H. The van der Waals surface area contributed by atoms with Gasteiger partial charge in [-0.1, -0.05) is 12.1 Å². The molecule has 0 heterocycles. The number of hydrogen-bond acceptors (Lipinski definition) is 5. The molecule has 0 amide bonds. The van der Waals surface area contributed by atoms with E-state index in [2.05, 4.69) is 31.9 Å². The summed E-state index contributed by atoms with van der Waals surface area (Å²) in [7, 11) is -2.75. The van der Waals surface area contributed by atoms with Crippen LogP contribution in [-0.2, 0) is 0 Å². The monoisotopic (exact) mass is 446 g/mol. The van der Waals surface area contributed by atoms with E-state index in [0.29, 0.717) is 19.3 Å². The van der Waals surface area contributed by atoms with Crippen molar-refractivity contribution in [2.45, 2.75) is 0 Å². The predicted molar refractivity (Wildman–Crippen MR) is 90.2 cm³/mol. The van der Waals surface area contributed by atoms with E-state index < -0.39 is 18.9 Å². The smallest absolute Gasteiger partial charge is 0.283 e. The van der Waals surface area contributed by atoms with Crippen LogP contribution >= 0.6 is 31.9 Å². The number of benzene rings is 2. The highest BCUT2D eigenvalue weighted by Gasteiger charge is 2.22. The number of rotatable bonds is 4. The first-order chi connectivity index (χ1) is 10.3. The van der Waals surface area contributed by atoms with E-state index in [1.165, 1.54) is 24.3 Å². The van der Waals surface area contributed by atoms with Crippen molar-refractivity contribution < 1.29 is 14.6 Å². The molecule has 0 saturated carbocycles. The third-order valence-corrected chi connectivity index (χ3v) is 6.29. The molecule has 10 heteroatoms. The van der Waals surface area contributed by atoms with Gasteiger partial charge in [0.05, 0.1) is 18.8 Å². The van der Waals surface area contributed by atoms with Crippen LogP contribution in [0.15, 0.2) is 45.3 Å². The van der Waals surface area contributed by atoms with E-state index in [0.717, 1.165) is 0 Å². The number of hydrogen-bond donors (Lipinski definition) is 1. The van der Waals surface area contributed by atoms with E-state index in [4.69, 9.17) is 0 Å². The minimum absolute atomic E-state index is 0.157. The van der Waals surface area contributed by atoms with Gasteiger partial charge in [-0.05, 0) is 54.4 Å². The molecule has 0 aromatic heterocycles. The molecule has 22 heavy (non-hydrogen) atoms. The summed E-state index contributed by atoms with van der Waals surface area (Å²) >= 11 is 6.15. The summed E-state index contributed by atoms with van der Waals surface area (Å²) in [6, 6.07) is 8.68. The number of halogens is 2. The topological polar surface area (TPSA) is 107 Å². The molecule has 114 valence electrons. The van der Waals surface area contributed by atoms with Crippen LogP contribution in [0.5, 0.6) is 0 Å². The molecular formula is C12H8Br2N2O5Si. The minimum Gasteiger partial charge on any atom is -0.426 e. The molecule has 2 aromatic rings. The Bertz CT molecular complexity index is 708. The molecule has 0 atom stereocenters. The van der Waals surface area contributed by atoms with Gasteiger partial charge in [-0.2, -0.15) is 0 Å². The lowest BCUT2D eigenvalue weighted by molar-refractivity contribution is -0.385. The average Bonchev–Trinajstić information content (AvgIpc) is 2.47. The Morgan fingerprint density at radius 1 is 0.864 bits per heavy atom. The Hall–Kier alpha value is -1.62. The van der Waals surface area contributed by atoms with E-state index in [9.17, 15) is 25.0 Å². The van der Waals surface area contributed by atoms with Crippen molar-refractivity contribution in [3.8, 4) is 0 Å². The van der Waals surface area contributed by atoms with Crippen molar-refractivity contribution in [2.24, 2.45) is 0 Å². The molecule has 0 fully saturated rings. The third kappa shape index (κ3) is 3.40. The van der Waals surface area contributed by atoms with Crippen LogP contribution in [-0.4, -0.2) is 23.7 Å². The van der Waals surface area contributed by atoms with Crippen LogP contribution in [0.2, 0.25) is 0 Å². The van der Waals surface area contributed by atoms with Crippen LogP contribution in [0.3, 0.4) is 0 Å². The molecule has 0 aliphatic rings.